The third kappa shape index (κ3) is 2.99. The Labute approximate surface area is 112 Å². The van der Waals surface area contributed by atoms with E-state index in [1.54, 1.807) is 6.92 Å². The normalized spacial score (nSPS) is 11.4. The second-order valence-electron chi connectivity index (χ2n) is 5.48. The predicted octanol–water partition coefficient (Wildman–Crippen LogP) is 2.93. The number of carbonyl (C=O) groups is 1. The second-order valence-corrected chi connectivity index (χ2v) is 5.48. The molecule has 1 N–H and O–H groups in total. The van der Waals surface area contributed by atoms with Gasteiger partial charge < -0.3 is 5.32 Å². The van der Waals surface area contributed by atoms with E-state index in [1.807, 2.05) is 24.3 Å². The average molecular weight is 259 g/mol. The number of nitrogens with zero attached hydrogens (tertiary/aromatic N) is 2. The first-order valence-electron chi connectivity index (χ1n) is 6.09. The maximum absolute atomic E-state index is 11.9. The number of hydrogen-bond donors (Lipinski definition) is 1. The fourth-order valence-corrected chi connectivity index (χ4v) is 1.68. The minimum absolute atomic E-state index is 0.0924. The molecule has 0 saturated heterocycles. The minimum atomic E-state index is -0.317. The standard InChI is InChI=1S/C14H17N3O2/c1-9-12(17-19-16-9)13(18)15-11-7-5-10(6-8-11)14(2,3)4/h5-8H,1-4H3,(H,15,18). The van der Waals surface area contributed by atoms with Crippen LogP contribution in [-0.4, -0.2) is 16.2 Å². The molecule has 0 aliphatic heterocycles. The van der Waals surface area contributed by atoms with E-state index in [2.05, 4.69) is 41.0 Å². The number of benzene rings is 1. The molecule has 0 atom stereocenters. The van der Waals surface area contributed by atoms with E-state index in [0.717, 1.165) is 5.69 Å². The Morgan fingerprint density at radius 1 is 1.16 bits per heavy atom. The van der Waals surface area contributed by atoms with Crippen molar-refractivity contribution in [1.29, 1.82) is 0 Å². The van der Waals surface area contributed by atoms with Crippen molar-refractivity contribution in [1.82, 2.24) is 10.3 Å². The van der Waals surface area contributed by atoms with Crippen LogP contribution in [0.25, 0.3) is 0 Å². The lowest BCUT2D eigenvalue weighted by molar-refractivity contribution is 0.101. The molecule has 1 amide bonds. The summed E-state index contributed by atoms with van der Waals surface area (Å²) in [4.78, 5) is 11.9. The first-order chi connectivity index (χ1) is 8.88. The molecule has 1 aromatic carbocycles. The highest BCUT2D eigenvalue weighted by Crippen LogP contribution is 2.23. The maximum Gasteiger partial charge on any atom is 0.279 e. The molecule has 0 spiro atoms. The van der Waals surface area contributed by atoms with Crippen LogP contribution in [0.2, 0.25) is 0 Å². The van der Waals surface area contributed by atoms with Crippen molar-refractivity contribution < 1.29 is 9.42 Å². The molecule has 0 saturated carbocycles. The van der Waals surface area contributed by atoms with Crippen LogP contribution in [0.15, 0.2) is 28.9 Å². The highest BCUT2D eigenvalue weighted by Gasteiger charge is 2.16. The zero-order valence-electron chi connectivity index (χ0n) is 11.5. The summed E-state index contributed by atoms with van der Waals surface area (Å²) in [5.41, 5.74) is 2.71. The van der Waals surface area contributed by atoms with Gasteiger partial charge >= 0.3 is 0 Å². The molecule has 100 valence electrons. The lowest BCUT2D eigenvalue weighted by Crippen LogP contribution is -2.14. The van der Waals surface area contributed by atoms with Crippen molar-refractivity contribution >= 4 is 11.6 Å². The van der Waals surface area contributed by atoms with E-state index in [9.17, 15) is 4.79 Å². The average Bonchev–Trinajstić information content (AvgIpc) is 2.75. The third-order valence-electron chi connectivity index (χ3n) is 2.88. The second kappa shape index (κ2) is 4.84. The molecule has 1 heterocycles. The summed E-state index contributed by atoms with van der Waals surface area (Å²) >= 11 is 0. The Morgan fingerprint density at radius 2 is 1.79 bits per heavy atom. The third-order valence-corrected chi connectivity index (χ3v) is 2.88. The summed E-state index contributed by atoms with van der Waals surface area (Å²) in [6.07, 6.45) is 0. The largest absolute Gasteiger partial charge is 0.320 e. The Bertz CT molecular complexity index is 579. The lowest BCUT2D eigenvalue weighted by Gasteiger charge is -2.19. The molecular formula is C14H17N3O2. The molecule has 0 bridgehead atoms. The van der Waals surface area contributed by atoms with Crippen molar-refractivity contribution in [3.05, 3.63) is 41.2 Å². The molecule has 0 aliphatic carbocycles. The van der Waals surface area contributed by atoms with E-state index >= 15 is 0 Å². The van der Waals surface area contributed by atoms with Gasteiger partial charge in [0, 0.05) is 5.69 Å². The van der Waals surface area contributed by atoms with Gasteiger partial charge in [-0.1, -0.05) is 38.1 Å². The van der Waals surface area contributed by atoms with Gasteiger partial charge in [0.25, 0.3) is 5.91 Å². The number of rotatable bonds is 2. The van der Waals surface area contributed by atoms with Crippen molar-refractivity contribution in [2.45, 2.75) is 33.1 Å². The first-order valence-corrected chi connectivity index (χ1v) is 6.09. The monoisotopic (exact) mass is 259 g/mol. The summed E-state index contributed by atoms with van der Waals surface area (Å²) in [6, 6.07) is 7.76. The van der Waals surface area contributed by atoms with Crippen LogP contribution in [0.1, 0.15) is 42.5 Å². The van der Waals surface area contributed by atoms with Crippen molar-refractivity contribution in [2.24, 2.45) is 0 Å². The Kier molecular flexibility index (Phi) is 3.38. The topological polar surface area (TPSA) is 68.0 Å². The van der Waals surface area contributed by atoms with Gasteiger partial charge in [0.05, 0.1) is 0 Å². The van der Waals surface area contributed by atoms with Gasteiger partial charge in [-0.15, -0.1) is 0 Å². The van der Waals surface area contributed by atoms with Gasteiger partial charge in [0.2, 0.25) is 0 Å². The highest BCUT2D eigenvalue weighted by molar-refractivity contribution is 6.03. The van der Waals surface area contributed by atoms with Crippen LogP contribution >= 0.6 is 0 Å². The quantitative estimate of drug-likeness (QED) is 0.900. The Morgan fingerprint density at radius 3 is 2.26 bits per heavy atom. The first kappa shape index (κ1) is 13.3. The molecule has 0 radical (unpaired) electrons. The summed E-state index contributed by atoms with van der Waals surface area (Å²) in [5, 5.41) is 9.91. The Balaban J connectivity index is 2.12. The molecule has 5 heteroatoms. The van der Waals surface area contributed by atoms with Gasteiger partial charge in [-0.2, -0.15) is 0 Å². The summed E-state index contributed by atoms with van der Waals surface area (Å²) in [6.45, 7) is 8.11. The number of aromatic nitrogens is 2. The molecule has 2 aromatic rings. The smallest absolute Gasteiger partial charge is 0.279 e. The predicted molar refractivity (Wildman–Crippen MR) is 72.1 cm³/mol. The molecule has 0 aliphatic rings. The van der Waals surface area contributed by atoms with E-state index in [0.29, 0.717) is 5.69 Å². The van der Waals surface area contributed by atoms with Crippen LogP contribution < -0.4 is 5.32 Å². The van der Waals surface area contributed by atoms with Crippen LogP contribution in [-0.2, 0) is 5.41 Å². The maximum atomic E-state index is 11.9. The zero-order valence-corrected chi connectivity index (χ0v) is 11.5. The molecule has 5 nitrogen and oxygen atoms in total. The summed E-state index contributed by atoms with van der Waals surface area (Å²) < 4.78 is 4.51. The van der Waals surface area contributed by atoms with Crippen molar-refractivity contribution in [2.75, 3.05) is 5.32 Å². The van der Waals surface area contributed by atoms with Crippen LogP contribution in [0.4, 0.5) is 5.69 Å². The summed E-state index contributed by atoms with van der Waals surface area (Å²) in [5.74, 6) is -0.317. The molecule has 0 fully saturated rings. The van der Waals surface area contributed by atoms with Crippen LogP contribution in [0, 0.1) is 6.92 Å². The Hall–Kier alpha value is -2.17. The molecule has 19 heavy (non-hydrogen) atoms. The fourth-order valence-electron chi connectivity index (χ4n) is 1.68. The highest BCUT2D eigenvalue weighted by atomic mass is 16.6. The van der Waals surface area contributed by atoms with Gasteiger partial charge in [-0.05, 0) is 35.2 Å². The number of nitrogens with one attached hydrogen (secondary N) is 1. The van der Waals surface area contributed by atoms with Gasteiger partial charge in [-0.3, -0.25) is 4.79 Å². The van der Waals surface area contributed by atoms with E-state index in [4.69, 9.17) is 0 Å². The van der Waals surface area contributed by atoms with Gasteiger partial charge in [0.1, 0.15) is 5.69 Å². The minimum Gasteiger partial charge on any atom is -0.320 e. The van der Waals surface area contributed by atoms with Gasteiger partial charge in [0.15, 0.2) is 5.69 Å². The number of amides is 1. The van der Waals surface area contributed by atoms with Crippen LogP contribution in [0.3, 0.4) is 0 Å². The fraction of sp³-hybridized carbons (Fsp3) is 0.357. The van der Waals surface area contributed by atoms with Crippen molar-refractivity contribution in [3.63, 3.8) is 0 Å². The molecule has 0 unspecified atom stereocenters. The van der Waals surface area contributed by atoms with E-state index < -0.39 is 0 Å². The number of anilines is 1. The lowest BCUT2D eigenvalue weighted by atomic mass is 9.87. The van der Waals surface area contributed by atoms with Crippen molar-refractivity contribution in [3.8, 4) is 0 Å². The van der Waals surface area contributed by atoms with E-state index in [1.165, 1.54) is 5.56 Å². The summed E-state index contributed by atoms with van der Waals surface area (Å²) in [7, 11) is 0. The zero-order chi connectivity index (χ0) is 14.0. The SMILES string of the molecule is Cc1nonc1C(=O)Nc1ccc(C(C)(C)C)cc1. The van der Waals surface area contributed by atoms with Crippen LogP contribution in [0.5, 0.6) is 0 Å². The molecule has 2 rings (SSSR count). The number of carbonyl (C=O) groups excluding carboxylic acids is 1. The number of hydrogen-bond acceptors (Lipinski definition) is 4. The molecular weight excluding hydrogens is 242 g/mol. The van der Waals surface area contributed by atoms with Gasteiger partial charge in [-0.25, -0.2) is 4.63 Å². The molecule has 1 aromatic heterocycles. The number of aryl methyl sites for hydroxylation is 1. The van der Waals surface area contributed by atoms with E-state index in [-0.39, 0.29) is 17.0 Å².